The van der Waals surface area contributed by atoms with Crippen LogP contribution in [0.1, 0.15) is 30.2 Å². The number of nitrogens with one attached hydrogen (secondary N) is 1. The van der Waals surface area contributed by atoms with Crippen molar-refractivity contribution in [2.24, 2.45) is 0 Å². The van der Waals surface area contributed by atoms with Crippen molar-refractivity contribution in [3.8, 4) is 11.4 Å². The zero-order chi connectivity index (χ0) is 21.4. The number of ether oxygens (including phenoxy) is 1. The normalized spacial score (nSPS) is 11.3. The van der Waals surface area contributed by atoms with E-state index in [1.807, 2.05) is 13.8 Å². The minimum absolute atomic E-state index is 0.0366. The Labute approximate surface area is 170 Å². The second kappa shape index (κ2) is 7.48. The van der Waals surface area contributed by atoms with Crippen LogP contribution >= 0.6 is 0 Å². The summed E-state index contributed by atoms with van der Waals surface area (Å²) in [5.74, 6) is 0.0339. The van der Waals surface area contributed by atoms with Crippen molar-refractivity contribution in [3.63, 3.8) is 0 Å². The monoisotopic (exact) mass is 408 g/mol. The van der Waals surface area contributed by atoms with Gasteiger partial charge in [-0.1, -0.05) is 0 Å². The summed E-state index contributed by atoms with van der Waals surface area (Å²) in [6, 6.07) is 11.7. The van der Waals surface area contributed by atoms with Gasteiger partial charge in [-0.15, -0.1) is 5.10 Å². The highest BCUT2D eigenvalue weighted by Gasteiger charge is 2.19. The summed E-state index contributed by atoms with van der Waals surface area (Å²) in [7, 11) is 0. The molecule has 4 N–H and O–H groups in total. The summed E-state index contributed by atoms with van der Waals surface area (Å²) in [6.45, 7) is 3.43. The van der Waals surface area contributed by atoms with Gasteiger partial charge in [0, 0.05) is 11.5 Å². The first kappa shape index (κ1) is 19.4. The fourth-order valence-electron chi connectivity index (χ4n) is 3.13. The number of carbonyl (C=O) groups is 1. The molecule has 0 radical (unpaired) electrons. The van der Waals surface area contributed by atoms with E-state index >= 15 is 0 Å². The Morgan fingerprint density at radius 1 is 1.23 bits per heavy atom. The average Bonchev–Trinajstić information content (AvgIpc) is 3.31. The summed E-state index contributed by atoms with van der Waals surface area (Å²) in [5.41, 5.74) is 6.70. The fourth-order valence-corrected chi connectivity index (χ4v) is 3.13. The number of nitrogens with two attached hydrogens (primary N) is 1. The lowest BCUT2D eigenvalue weighted by Gasteiger charge is -2.11. The number of aromatic nitrogens is 5. The molecule has 0 aliphatic carbocycles. The highest BCUT2D eigenvalue weighted by atomic mass is 16.5. The second-order valence-electron chi connectivity index (χ2n) is 6.92. The van der Waals surface area contributed by atoms with Gasteiger partial charge in [-0.05, 0) is 50.2 Å². The summed E-state index contributed by atoms with van der Waals surface area (Å²) in [6.07, 6.45) is 0.0366. The number of nitrogen functional groups attached to an aromatic ring is 1. The van der Waals surface area contributed by atoms with Crippen LogP contribution in [0.5, 0.6) is 5.75 Å². The van der Waals surface area contributed by atoms with Gasteiger partial charge < -0.3 is 20.6 Å². The molecule has 0 amide bonds. The zero-order valence-electron chi connectivity index (χ0n) is 16.4. The van der Waals surface area contributed by atoms with Gasteiger partial charge in [0.15, 0.2) is 5.82 Å². The predicted octanol–water partition coefficient (Wildman–Crippen LogP) is 1.46. The summed E-state index contributed by atoms with van der Waals surface area (Å²) in [4.78, 5) is 32.2. The van der Waals surface area contributed by atoms with Crippen molar-refractivity contribution in [3.05, 3.63) is 64.3 Å². The summed E-state index contributed by atoms with van der Waals surface area (Å²) >= 11 is 0. The van der Waals surface area contributed by atoms with E-state index in [9.17, 15) is 9.59 Å². The van der Waals surface area contributed by atoms with Crippen molar-refractivity contribution in [2.75, 3.05) is 5.73 Å². The molecule has 10 nitrogen and oxygen atoms in total. The molecule has 0 bridgehead atoms. The molecule has 0 aliphatic rings. The Balaban J connectivity index is 1.78. The molecule has 0 saturated carbocycles. The number of hydrogen-bond donors (Lipinski definition) is 3. The van der Waals surface area contributed by atoms with Crippen LogP contribution in [0.2, 0.25) is 0 Å². The average molecular weight is 408 g/mol. The Kier molecular flexibility index (Phi) is 4.84. The van der Waals surface area contributed by atoms with Gasteiger partial charge in [0.1, 0.15) is 23.7 Å². The lowest BCUT2D eigenvalue weighted by atomic mass is 10.2. The van der Waals surface area contributed by atoms with Gasteiger partial charge in [-0.2, -0.15) is 9.67 Å². The first-order chi connectivity index (χ1) is 14.4. The summed E-state index contributed by atoms with van der Waals surface area (Å²) in [5, 5.41) is 13.7. The van der Waals surface area contributed by atoms with Crippen LogP contribution in [-0.4, -0.2) is 41.4 Å². The Hall–Kier alpha value is -3.92. The number of aliphatic hydroxyl groups excluding tert-OH is 1. The molecule has 0 spiro atoms. The lowest BCUT2D eigenvalue weighted by Crippen LogP contribution is -2.18. The number of nitrogens with zero attached hydrogens (tertiary/aromatic N) is 4. The molecule has 0 fully saturated rings. The van der Waals surface area contributed by atoms with Gasteiger partial charge in [0.2, 0.25) is 5.95 Å². The molecule has 4 rings (SSSR count). The third-order valence-electron chi connectivity index (χ3n) is 4.38. The number of aliphatic hydroxyl groups is 1. The van der Waals surface area contributed by atoms with Gasteiger partial charge in [0.05, 0.1) is 11.8 Å². The number of H-pyrrole nitrogens is 1. The fraction of sp³-hybridized carbons (Fsp3) is 0.200. The van der Waals surface area contributed by atoms with Crippen molar-refractivity contribution in [1.29, 1.82) is 0 Å². The number of hydrogen-bond acceptors (Lipinski definition) is 7. The van der Waals surface area contributed by atoms with Crippen LogP contribution in [0.15, 0.2) is 47.3 Å². The first-order valence-corrected chi connectivity index (χ1v) is 9.26. The Morgan fingerprint density at radius 3 is 2.60 bits per heavy atom. The minimum Gasteiger partial charge on any atom is -0.491 e. The number of carbonyl (C=O) groups excluding carboxylic acids is 1. The lowest BCUT2D eigenvalue weighted by molar-refractivity contribution is 0.0942. The number of fused-ring (bicyclic) bond motifs is 1. The third-order valence-corrected chi connectivity index (χ3v) is 4.38. The minimum atomic E-state index is -0.560. The highest BCUT2D eigenvalue weighted by molar-refractivity contribution is 5.99. The number of rotatable bonds is 5. The quantitative estimate of drug-likeness (QED) is 0.454. The van der Waals surface area contributed by atoms with Crippen LogP contribution in [-0.2, 0) is 6.61 Å². The number of anilines is 1. The predicted molar refractivity (Wildman–Crippen MR) is 110 cm³/mol. The Morgan fingerprint density at radius 2 is 1.97 bits per heavy atom. The molecule has 0 atom stereocenters. The standard InChI is InChI=1S/C20H20N6O4/c1-11(2)30-14-6-4-13(5-7-14)25-17(28)8-3-12-9-15(22-18(12)25)19(29)26-20(21)23-16(10-27)24-26/h3-9,11,22,27H,10H2,1-2H3,(H2,21,23,24). The topological polar surface area (TPSA) is 141 Å². The number of pyridine rings is 1. The Bertz CT molecular complexity index is 1280. The largest absolute Gasteiger partial charge is 0.491 e. The van der Waals surface area contributed by atoms with Gasteiger partial charge in [0.25, 0.3) is 11.5 Å². The smallest absolute Gasteiger partial charge is 0.297 e. The van der Waals surface area contributed by atoms with Crippen LogP contribution < -0.4 is 16.0 Å². The van der Waals surface area contributed by atoms with Crippen LogP contribution in [0.25, 0.3) is 16.7 Å². The molecular weight excluding hydrogens is 388 g/mol. The van der Waals surface area contributed by atoms with Crippen molar-refractivity contribution < 1.29 is 14.6 Å². The van der Waals surface area contributed by atoms with Crippen LogP contribution in [0, 0.1) is 0 Å². The maximum Gasteiger partial charge on any atom is 0.297 e. The molecule has 154 valence electrons. The van der Waals surface area contributed by atoms with E-state index in [2.05, 4.69) is 15.1 Å². The SMILES string of the molecule is CC(C)Oc1ccc(-n2c(=O)ccc3cc(C(=O)n4nc(CO)nc4N)[nH]c32)cc1. The molecule has 4 aromatic rings. The first-order valence-electron chi connectivity index (χ1n) is 9.26. The van der Waals surface area contributed by atoms with E-state index in [0.29, 0.717) is 22.5 Å². The van der Waals surface area contributed by atoms with E-state index < -0.39 is 12.5 Å². The van der Waals surface area contributed by atoms with Crippen LogP contribution in [0.3, 0.4) is 0 Å². The molecule has 30 heavy (non-hydrogen) atoms. The van der Waals surface area contributed by atoms with Gasteiger partial charge in [-0.25, -0.2) is 0 Å². The molecule has 3 aromatic heterocycles. The molecule has 3 heterocycles. The molecular formula is C20H20N6O4. The van der Waals surface area contributed by atoms with Crippen molar-refractivity contribution >= 4 is 22.9 Å². The molecule has 0 unspecified atom stereocenters. The zero-order valence-corrected chi connectivity index (χ0v) is 16.4. The van der Waals surface area contributed by atoms with E-state index in [1.165, 1.54) is 10.6 Å². The molecule has 0 saturated heterocycles. The molecule has 0 aliphatic heterocycles. The van der Waals surface area contributed by atoms with E-state index in [0.717, 1.165) is 4.68 Å². The highest BCUT2D eigenvalue weighted by Crippen LogP contribution is 2.21. The number of aromatic amines is 1. The maximum atomic E-state index is 12.8. The third kappa shape index (κ3) is 3.44. The number of benzene rings is 1. The summed E-state index contributed by atoms with van der Waals surface area (Å²) < 4.78 is 8.01. The van der Waals surface area contributed by atoms with Crippen molar-refractivity contribution in [2.45, 2.75) is 26.6 Å². The van der Waals surface area contributed by atoms with Gasteiger partial charge >= 0.3 is 0 Å². The molecule has 1 aromatic carbocycles. The van der Waals surface area contributed by atoms with E-state index in [-0.39, 0.29) is 29.1 Å². The van der Waals surface area contributed by atoms with Crippen molar-refractivity contribution in [1.82, 2.24) is 24.3 Å². The van der Waals surface area contributed by atoms with Gasteiger partial charge in [-0.3, -0.25) is 14.2 Å². The maximum absolute atomic E-state index is 12.8. The second-order valence-corrected chi connectivity index (χ2v) is 6.92. The van der Waals surface area contributed by atoms with E-state index in [1.54, 1.807) is 36.4 Å². The van der Waals surface area contributed by atoms with E-state index in [4.69, 9.17) is 15.6 Å². The van der Waals surface area contributed by atoms with Crippen LogP contribution in [0.4, 0.5) is 5.95 Å². The molecule has 10 heteroatoms.